The van der Waals surface area contributed by atoms with Gasteiger partial charge in [-0.2, -0.15) is 0 Å². The Bertz CT molecular complexity index is 612. The first-order valence-electron chi connectivity index (χ1n) is 8.07. The van der Waals surface area contributed by atoms with Gasteiger partial charge in [0.2, 0.25) is 5.91 Å². The van der Waals surface area contributed by atoms with E-state index in [1.165, 1.54) is 11.1 Å². The Kier molecular flexibility index (Phi) is 3.71. The van der Waals surface area contributed by atoms with Gasteiger partial charge in [0, 0.05) is 17.4 Å². The number of aliphatic carboxylic acids is 1. The zero-order chi connectivity index (χ0) is 15.9. The fourth-order valence-electron chi connectivity index (χ4n) is 3.84. The van der Waals surface area contributed by atoms with Gasteiger partial charge in [-0.1, -0.05) is 24.3 Å². The Morgan fingerprint density at radius 1 is 1.32 bits per heavy atom. The van der Waals surface area contributed by atoms with Crippen LogP contribution in [0.25, 0.3) is 0 Å². The molecule has 4 unspecified atom stereocenters. The Morgan fingerprint density at radius 3 is 2.77 bits per heavy atom. The van der Waals surface area contributed by atoms with Gasteiger partial charge in [0.15, 0.2) is 0 Å². The zero-order valence-electron chi connectivity index (χ0n) is 13.1. The molecule has 2 aliphatic carbocycles. The minimum absolute atomic E-state index is 0.00241. The lowest BCUT2D eigenvalue weighted by atomic mass is 9.78. The number of carbonyl (C=O) groups excluding carboxylic acids is 1. The van der Waals surface area contributed by atoms with E-state index in [0.29, 0.717) is 0 Å². The smallest absolute Gasteiger partial charge is 0.308 e. The third-order valence-electron chi connectivity index (χ3n) is 5.52. The van der Waals surface area contributed by atoms with E-state index in [4.69, 9.17) is 5.11 Å². The molecule has 1 saturated carbocycles. The molecule has 0 saturated heterocycles. The molecular formula is C18H23NO3. The van der Waals surface area contributed by atoms with Crippen LogP contribution >= 0.6 is 0 Å². The van der Waals surface area contributed by atoms with Crippen molar-refractivity contribution in [2.45, 2.75) is 51.0 Å². The topological polar surface area (TPSA) is 66.4 Å². The van der Waals surface area contributed by atoms with Gasteiger partial charge < -0.3 is 10.4 Å². The summed E-state index contributed by atoms with van der Waals surface area (Å²) in [5, 5.41) is 11.9. The molecule has 0 heterocycles. The lowest BCUT2D eigenvalue weighted by Crippen LogP contribution is -2.42. The summed E-state index contributed by atoms with van der Waals surface area (Å²) in [5.74, 6) is -1.44. The summed E-state index contributed by atoms with van der Waals surface area (Å²) < 4.78 is 0. The van der Waals surface area contributed by atoms with Gasteiger partial charge in [-0.15, -0.1) is 0 Å². The molecule has 3 rings (SSSR count). The highest BCUT2D eigenvalue weighted by atomic mass is 16.4. The SMILES string of the molecule is CC(NC(=O)C1CC12CCCc1ccccc12)C(C)C(=O)O. The normalized spacial score (nSPS) is 28.5. The van der Waals surface area contributed by atoms with Crippen LogP contribution in [0.4, 0.5) is 0 Å². The quantitative estimate of drug-likeness (QED) is 0.898. The molecule has 1 aromatic rings. The van der Waals surface area contributed by atoms with E-state index in [0.717, 1.165) is 25.7 Å². The van der Waals surface area contributed by atoms with Gasteiger partial charge in [-0.3, -0.25) is 9.59 Å². The molecule has 1 spiro atoms. The van der Waals surface area contributed by atoms with E-state index in [2.05, 4.69) is 23.5 Å². The molecule has 4 atom stereocenters. The molecule has 4 nitrogen and oxygen atoms in total. The average Bonchev–Trinajstić information content (AvgIpc) is 3.22. The number of aryl methyl sites for hydroxylation is 1. The van der Waals surface area contributed by atoms with Crippen molar-refractivity contribution in [1.82, 2.24) is 5.32 Å². The van der Waals surface area contributed by atoms with E-state index in [9.17, 15) is 9.59 Å². The Hall–Kier alpha value is -1.84. The number of hydrogen-bond donors (Lipinski definition) is 2. The minimum Gasteiger partial charge on any atom is -0.481 e. The first kappa shape index (κ1) is 15.1. The molecule has 22 heavy (non-hydrogen) atoms. The summed E-state index contributed by atoms with van der Waals surface area (Å²) in [6, 6.07) is 8.09. The molecule has 1 amide bonds. The van der Waals surface area contributed by atoms with Gasteiger partial charge in [-0.25, -0.2) is 0 Å². The van der Waals surface area contributed by atoms with Gasteiger partial charge in [0.05, 0.1) is 5.92 Å². The van der Waals surface area contributed by atoms with Crippen molar-refractivity contribution in [3.8, 4) is 0 Å². The minimum atomic E-state index is -0.874. The molecule has 0 aromatic heterocycles. The zero-order valence-corrected chi connectivity index (χ0v) is 13.1. The van der Waals surface area contributed by atoms with Crippen molar-refractivity contribution in [2.24, 2.45) is 11.8 Å². The van der Waals surface area contributed by atoms with Crippen LogP contribution in [0.1, 0.15) is 44.2 Å². The summed E-state index contributed by atoms with van der Waals surface area (Å²) in [7, 11) is 0. The van der Waals surface area contributed by atoms with Crippen molar-refractivity contribution < 1.29 is 14.7 Å². The predicted octanol–water partition coefficient (Wildman–Crippen LogP) is 2.51. The molecule has 0 aliphatic heterocycles. The molecule has 4 heteroatoms. The average molecular weight is 301 g/mol. The van der Waals surface area contributed by atoms with Gasteiger partial charge >= 0.3 is 5.97 Å². The fraction of sp³-hybridized carbons (Fsp3) is 0.556. The van der Waals surface area contributed by atoms with Gasteiger partial charge in [0.25, 0.3) is 0 Å². The number of benzene rings is 1. The van der Waals surface area contributed by atoms with Crippen molar-refractivity contribution >= 4 is 11.9 Å². The molecule has 118 valence electrons. The first-order chi connectivity index (χ1) is 10.5. The Labute approximate surface area is 130 Å². The Morgan fingerprint density at radius 2 is 2.05 bits per heavy atom. The number of hydrogen-bond acceptors (Lipinski definition) is 2. The third kappa shape index (κ3) is 2.40. The van der Waals surface area contributed by atoms with E-state index >= 15 is 0 Å². The van der Waals surface area contributed by atoms with Crippen LogP contribution in [0.2, 0.25) is 0 Å². The number of fused-ring (bicyclic) bond motifs is 2. The first-order valence-corrected chi connectivity index (χ1v) is 8.07. The number of carbonyl (C=O) groups is 2. The second-order valence-electron chi connectivity index (χ2n) is 6.85. The molecule has 1 aromatic carbocycles. The van der Waals surface area contributed by atoms with E-state index in [1.807, 2.05) is 6.07 Å². The molecule has 0 radical (unpaired) electrons. The highest BCUT2D eigenvalue weighted by Crippen LogP contribution is 2.60. The third-order valence-corrected chi connectivity index (χ3v) is 5.52. The van der Waals surface area contributed by atoms with E-state index in [1.54, 1.807) is 13.8 Å². The summed E-state index contributed by atoms with van der Waals surface area (Å²) in [6.45, 7) is 3.40. The van der Waals surface area contributed by atoms with E-state index in [-0.39, 0.29) is 23.3 Å². The number of carboxylic acid groups (broad SMARTS) is 1. The lowest BCUT2D eigenvalue weighted by Gasteiger charge is -2.27. The summed E-state index contributed by atoms with van der Waals surface area (Å²) in [4.78, 5) is 23.5. The van der Waals surface area contributed by atoms with Crippen molar-refractivity contribution in [1.29, 1.82) is 0 Å². The summed E-state index contributed by atoms with van der Waals surface area (Å²) >= 11 is 0. The van der Waals surface area contributed by atoms with Crippen LogP contribution < -0.4 is 5.32 Å². The Balaban J connectivity index is 1.72. The van der Waals surface area contributed by atoms with Crippen molar-refractivity contribution in [3.05, 3.63) is 35.4 Å². The van der Waals surface area contributed by atoms with Gasteiger partial charge in [-0.05, 0) is 50.7 Å². The number of carboxylic acids is 1. The highest BCUT2D eigenvalue weighted by molar-refractivity contribution is 5.85. The van der Waals surface area contributed by atoms with Crippen LogP contribution in [-0.4, -0.2) is 23.0 Å². The number of rotatable bonds is 4. The standard InChI is InChI=1S/C18H23NO3/c1-11(17(21)22)12(2)19-16(20)15-10-18(15)9-5-7-13-6-3-4-8-14(13)18/h3-4,6,8,11-12,15H,5,7,9-10H2,1-2H3,(H,19,20)(H,21,22). The maximum absolute atomic E-state index is 12.5. The maximum atomic E-state index is 12.5. The molecule has 2 aliphatic rings. The number of amides is 1. The second kappa shape index (κ2) is 5.41. The fourth-order valence-corrected chi connectivity index (χ4v) is 3.84. The van der Waals surface area contributed by atoms with Crippen LogP contribution in [0.3, 0.4) is 0 Å². The summed E-state index contributed by atoms with van der Waals surface area (Å²) in [5.41, 5.74) is 2.71. The largest absolute Gasteiger partial charge is 0.481 e. The van der Waals surface area contributed by atoms with Crippen LogP contribution in [-0.2, 0) is 21.4 Å². The van der Waals surface area contributed by atoms with Gasteiger partial charge in [0.1, 0.15) is 0 Å². The monoisotopic (exact) mass is 301 g/mol. The second-order valence-corrected chi connectivity index (χ2v) is 6.85. The van der Waals surface area contributed by atoms with Crippen molar-refractivity contribution in [2.75, 3.05) is 0 Å². The van der Waals surface area contributed by atoms with Crippen molar-refractivity contribution in [3.63, 3.8) is 0 Å². The van der Waals surface area contributed by atoms with E-state index < -0.39 is 11.9 Å². The predicted molar refractivity (Wildman–Crippen MR) is 83.6 cm³/mol. The molecule has 1 fully saturated rings. The molecule has 2 N–H and O–H groups in total. The molecular weight excluding hydrogens is 278 g/mol. The van der Waals surface area contributed by atoms with Crippen LogP contribution in [0.5, 0.6) is 0 Å². The lowest BCUT2D eigenvalue weighted by molar-refractivity contribution is -0.142. The summed E-state index contributed by atoms with van der Waals surface area (Å²) in [6.07, 6.45) is 4.18. The van der Waals surface area contributed by atoms with Crippen LogP contribution in [0.15, 0.2) is 24.3 Å². The maximum Gasteiger partial charge on any atom is 0.308 e. The highest BCUT2D eigenvalue weighted by Gasteiger charge is 2.60. The molecule has 0 bridgehead atoms. The number of nitrogens with one attached hydrogen (secondary N) is 1. The van der Waals surface area contributed by atoms with Crippen LogP contribution in [0, 0.1) is 11.8 Å².